The molecule has 0 radical (unpaired) electrons. The Morgan fingerprint density at radius 3 is 2.42 bits per heavy atom. The zero-order chi connectivity index (χ0) is 16.4. The first-order valence-electron chi connectivity index (χ1n) is 8.29. The molecule has 2 aliphatic heterocycles. The Kier molecular flexibility index (Phi) is 2.59. The highest BCUT2D eigenvalue weighted by atomic mass is 16.7. The van der Waals surface area contributed by atoms with Gasteiger partial charge in [0.15, 0.2) is 0 Å². The molecular formula is C22H18O2. The van der Waals surface area contributed by atoms with E-state index in [0.717, 1.165) is 22.3 Å². The molecule has 0 saturated heterocycles. The highest BCUT2D eigenvalue weighted by Crippen LogP contribution is 2.51. The van der Waals surface area contributed by atoms with Gasteiger partial charge in [-0.15, -0.1) is 0 Å². The van der Waals surface area contributed by atoms with Crippen molar-refractivity contribution in [3.05, 3.63) is 83.4 Å². The van der Waals surface area contributed by atoms with Crippen LogP contribution < -0.4 is 4.74 Å². The van der Waals surface area contributed by atoms with Crippen molar-refractivity contribution in [2.45, 2.75) is 25.2 Å². The van der Waals surface area contributed by atoms with Crippen LogP contribution in [0, 0.1) is 0 Å². The summed E-state index contributed by atoms with van der Waals surface area (Å²) in [7, 11) is 0. The van der Waals surface area contributed by atoms with Gasteiger partial charge in [-0.3, -0.25) is 0 Å². The summed E-state index contributed by atoms with van der Waals surface area (Å²) in [4.78, 5) is 0. The Hall–Kier alpha value is -2.58. The zero-order valence-electron chi connectivity index (χ0n) is 13.7. The summed E-state index contributed by atoms with van der Waals surface area (Å²) in [6.45, 7) is 4.19. The molecule has 0 saturated carbocycles. The lowest BCUT2D eigenvalue weighted by atomic mass is 9.92. The molecule has 2 heteroatoms. The molecule has 0 aliphatic carbocycles. The van der Waals surface area contributed by atoms with Crippen LogP contribution in [-0.4, -0.2) is 0 Å². The van der Waals surface area contributed by atoms with Crippen molar-refractivity contribution in [1.29, 1.82) is 0 Å². The largest absolute Gasteiger partial charge is 0.453 e. The maximum absolute atomic E-state index is 6.55. The average molecular weight is 314 g/mol. The summed E-state index contributed by atoms with van der Waals surface area (Å²) < 4.78 is 13.0. The Balaban J connectivity index is 1.74. The zero-order valence-corrected chi connectivity index (χ0v) is 13.7. The Morgan fingerprint density at radius 2 is 1.54 bits per heavy atom. The van der Waals surface area contributed by atoms with E-state index in [1.54, 1.807) is 0 Å². The van der Waals surface area contributed by atoms with Crippen LogP contribution in [0.2, 0.25) is 0 Å². The molecule has 1 atom stereocenters. The quantitative estimate of drug-likeness (QED) is 0.556. The lowest BCUT2D eigenvalue weighted by molar-refractivity contribution is -0.201. The van der Waals surface area contributed by atoms with Gasteiger partial charge in [0.2, 0.25) is 0 Å². The molecule has 2 aliphatic rings. The van der Waals surface area contributed by atoms with Crippen molar-refractivity contribution in [3.8, 4) is 5.75 Å². The molecular weight excluding hydrogens is 296 g/mol. The van der Waals surface area contributed by atoms with Crippen LogP contribution in [-0.2, 0) is 16.1 Å². The minimum atomic E-state index is -0.850. The third kappa shape index (κ3) is 1.75. The first kappa shape index (κ1) is 13.8. The van der Waals surface area contributed by atoms with Gasteiger partial charge in [-0.2, -0.15) is 0 Å². The van der Waals surface area contributed by atoms with E-state index >= 15 is 0 Å². The molecule has 0 fully saturated rings. The van der Waals surface area contributed by atoms with E-state index in [1.165, 1.54) is 10.9 Å². The average Bonchev–Trinajstić information content (AvgIpc) is 2.82. The lowest BCUT2D eigenvalue weighted by Crippen LogP contribution is -2.35. The van der Waals surface area contributed by atoms with Gasteiger partial charge in [-0.05, 0) is 36.9 Å². The van der Waals surface area contributed by atoms with Gasteiger partial charge >= 0.3 is 0 Å². The first-order chi connectivity index (χ1) is 11.6. The fourth-order valence-corrected chi connectivity index (χ4v) is 3.89. The topological polar surface area (TPSA) is 18.5 Å². The van der Waals surface area contributed by atoms with E-state index in [4.69, 9.17) is 9.47 Å². The Morgan fingerprint density at radius 1 is 0.792 bits per heavy atom. The number of fused-ring (bicyclic) bond motifs is 5. The van der Waals surface area contributed by atoms with E-state index in [0.29, 0.717) is 0 Å². The second kappa shape index (κ2) is 4.49. The minimum absolute atomic E-state index is 0.386. The first-order valence-corrected chi connectivity index (χ1v) is 8.29. The van der Waals surface area contributed by atoms with Crippen LogP contribution in [0.25, 0.3) is 16.8 Å². The van der Waals surface area contributed by atoms with E-state index in [9.17, 15) is 0 Å². The molecule has 5 rings (SSSR count). The molecule has 0 amide bonds. The predicted octanol–water partition coefficient (Wildman–Crippen LogP) is 5.36. The van der Waals surface area contributed by atoms with Crippen molar-refractivity contribution in [2.24, 2.45) is 0 Å². The van der Waals surface area contributed by atoms with Gasteiger partial charge in [-0.25, -0.2) is 0 Å². The summed E-state index contributed by atoms with van der Waals surface area (Å²) in [6, 6.07) is 20.9. The van der Waals surface area contributed by atoms with Crippen molar-refractivity contribution < 1.29 is 9.47 Å². The molecule has 3 aromatic rings. The molecule has 0 aromatic heterocycles. The summed E-state index contributed by atoms with van der Waals surface area (Å²) in [5.41, 5.74) is 2.97. The Labute approximate surface area is 141 Å². The normalized spacial score (nSPS) is 23.1. The predicted molar refractivity (Wildman–Crippen MR) is 95.8 cm³/mol. The Bertz CT molecular complexity index is 1000. The van der Waals surface area contributed by atoms with E-state index in [1.807, 2.05) is 24.3 Å². The summed E-state index contributed by atoms with van der Waals surface area (Å²) >= 11 is 0. The van der Waals surface area contributed by atoms with Gasteiger partial charge in [0.05, 0.1) is 5.60 Å². The molecule has 1 unspecified atom stereocenters. The highest BCUT2D eigenvalue weighted by Gasteiger charge is 2.50. The molecule has 1 spiro atoms. The number of rotatable bonds is 0. The van der Waals surface area contributed by atoms with Crippen LogP contribution in [0.4, 0.5) is 0 Å². The number of ether oxygens (including phenoxy) is 2. The molecule has 0 bridgehead atoms. The maximum Gasteiger partial charge on any atom is 0.258 e. The summed E-state index contributed by atoms with van der Waals surface area (Å²) in [6.07, 6.45) is 4.15. The molecule has 3 aromatic carbocycles. The van der Waals surface area contributed by atoms with Crippen LogP contribution in [0.5, 0.6) is 5.75 Å². The monoisotopic (exact) mass is 314 g/mol. The smallest absolute Gasteiger partial charge is 0.258 e. The third-order valence-electron chi connectivity index (χ3n) is 5.00. The molecule has 2 heterocycles. The number of hydrogen-bond donors (Lipinski definition) is 0. The lowest BCUT2D eigenvalue weighted by Gasteiger charge is -2.34. The third-order valence-corrected chi connectivity index (χ3v) is 5.00. The molecule has 0 N–H and O–H groups in total. The van der Waals surface area contributed by atoms with E-state index < -0.39 is 5.79 Å². The van der Waals surface area contributed by atoms with Crippen LogP contribution in [0.15, 0.2) is 66.7 Å². The van der Waals surface area contributed by atoms with Crippen LogP contribution in [0.1, 0.15) is 30.5 Å². The summed E-state index contributed by atoms with van der Waals surface area (Å²) in [5.74, 6) is 0.0418. The van der Waals surface area contributed by atoms with E-state index in [-0.39, 0.29) is 5.60 Å². The number of benzene rings is 3. The summed E-state index contributed by atoms with van der Waals surface area (Å²) in [5, 5.41) is 2.29. The minimum Gasteiger partial charge on any atom is -0.453 e. The second-order valence-corrected chi connectivity index (χ2v) is 6.97. The van der Waals surface area contributed by atoms with Crippen molar-refractivity contribution in [1.82, 2.24) is 0 Å². The van der Waals surface area contributed by atoms with Crippen molar-refractivity contribution in [2.75, 3.05) is 0 Å². The maximum atomic E-state index is 6.55. The van der Waals surface area contributed by atoms with Crippen molar-refractivity contribution >= 4 is 16.8 Å². The van der Waals surface area contributed by atoms with Gasteiger partial charge in [-0.1, -0.05) is 60.7 Å². The standard InChI is InChI=1S/C22H18O2/c1-21(2)18-9-5-6-10-19(18)22(24-21)14-13-16-12-11-15-7-3-4-8-17(15)20(16)23-22/h3-14H,1-2H3. The van der Waals surface area contributed by atoms with Crippen LogP contribution in [0.3, 0.4) is 0 Å². The molecule has 24 heavy (non-hydrogen) atoms. The van der Waals surface area contributed by atoms with Crippen LogP contribution >= 0.6 is 0 Å². The fraction of sp³-hybridized carbons (Fsp3) is 0.182. The van der Waals surface area contributed by atoms with Gasteiger partial charge in [0, 0.05) is 16.5 Å². The highest BCUT2D eigenvalue weighted by molar-refractivity contribution is 5.92. The van der Waals surface area contributed by atoms with Gasteiger partial charge < -0.3 is 9.47 Å². The van der Waals surface area contributed by atoms with Crippen molar-refractivity contribution in [3.63, 3.8) is 0 Å². The SMILES string of the molecule is CC1(C)OC2(C=Cc3ccc4ccccc4c3O2)c2ccccc21. The molecule has 118 valence electrons. The van der Waals surface area contributed by atoms with Gasteiger partial charge in [0.1, 0.15) is 5.75 Å². The number of hydrogen-bond acceptors (Lipinski definition) is 2. The fourth-order valence-electron chi connectivity index (χ4n) is 3.89. The van der Waals surface area contributed by atoms with E-state index in [2.05, 4.69) is 62.4 Å². The van der Waals surface area contributed by atoms with Gasteiger partial charge in [0.25, 0.3) is 5.79 Å². The molecule has 2 nitrogen and oxygen atoms in total. The second-order valence-electron chi connectivity index (χ2n) is 6.97.